The Labute approximate surface area is 170 Å². The van der Waals surface area contributed by atoms with Crippen LogP contribution in [-0.2, 0) is 16.4 Å². The number of sulfone groups is 1. The average Bonchev–Trinajstić information content (AvgIpc) is 3.14. The second-order valence-corrected chi connectivity index (χ2v) is 10.6. The van der Waals surface area contributed by atoms with E-state index in [1.165, 1.54) is 11.1 Å². The molecule has 1 fully saturated rings. The first-order chi connectivity index (χ1) is 13.4. The topological polar surface area (TPSA) is 59.0 Å². The summed E-state index contributed by atoms with van der Waals surface area (Å²) in [6.07, 6.45) is 0. The highest BCUT2D eigenvalue weighted by Gasteiger charge is 2.44. The maximum atomic E-state index is 11.9. The molecule has 2 aromatic carbocycles. The third-order valence-electron chi connectivity index (χ3n) is 4.92. The van der Waals surface area contributed by atoms with Crippen LogP contribution in [0.3, 0.4) is 0 Å². The molecule has 0 bridgehead atoms. The summed E-state index contributed by atoms with van der Waals surface area (Å²) in [5, 5.41) is 0.929. The summed E-state index contributed by atoms with van der Waals surface area (Å²) in [6.45, 7) is 5.37. The summed E-state index contributed by atoms with van der Waals surface area (Å²) in [5.74, 6) is 1.22. The van der Waals surface area contributed by atoms with Crippen molar-refractivity contribution >= 4 is 32.5 Å². The van der Waals surface area contributed by atoms with Gasteiger partial charge in [-0.15, -0.1) is 0 Å². The highest BCUT2D eigenvalue weighted by Crippen LogP contribution is 2.37. The Kier molecular flexibility index (Phi) is 5.38. The Morgan fingerprint density at radius 3 is 2.64 bits per heavy atom. The van der Waals surface area contributed by atoms with E-state index in [1.54, 1.807) is 11.8 Å². The van der Waals surface area contributed by atoms with Crippen molar-refractivity contribution in [2.45, 2.75) is 31.7 Å². The summed E-state index contributed by atoms with van der Waals surface area (Å²) >= 11 is 1.59. The minimum absolute atomic E-state index is 0.0303. The van der Waals surface area contributed by atoms with E-state index in [-0.39, 0.29) is 22.8 Å². The Hall–Kier alpha value is -1.99. The first-order valence-electron chi connectivity index (χ1n) is 9.44. The number of aliphatic imine (C=N–C) groups is 1. The van der Waals surface area contributed by atoms with Crippen LogP contribution < -0.4 is 9.64 Å². The van der Waals surface area contributed by atoms with Gasteiger partial charge in [-0.05, 0) is 43.7 Å². The maximum Gasteiger partial charge on any atom is 0.164 e. The number of hydrogen-bond acceptors (Lipinski definition) is 6. The molecular formula is C21H24N2O3S2. The number of aryl methyl sites for hydroxylation is 1. The van der Waals surface area contributed by atoms with Gasteiger partial charge in [0.05, 0.1) is 30.7 Å². The van der Waals surface area contributed by atoms with Crippen molar-refractivity contribution in [2.24, 2.45) is 4.99 Å². The molecule has 0 N–H and O–H groups in total. The standard InChI is InChI=1S/C21H24N2O3S2/c1-3-26-18-9-7-17(8-10-18)23(12-16-6-4-5-15(2)11-16)21-22-19-13-28(24,25)14-20(19)27-21/h4-11,19-20H,3,12-14H2,1-2H3/t19-,20-/m1/s1. The zero-order chi connectivity index (χ0) is 19.7. The van der Waals surface area contributed by atoms with Crippen LogP contribution >= 0.6 is 11.8 Å². The molecule has 5 nitrogen and oxygen atoms in total. The number of fused-ring (bicyclic) bond motifs is 1. The number of hydrogen-bond donors (Lipinski definition) is 0. The van der Waals surface area contributed by atoms with Crippen LogP contribution in [0.2, 0.25) is 0 Å². The smallest absolute Gasteiger partial charge is 0.164 e. The molecule has 148 valence electrons. The summed E-state index contributed by atoms with van der Waals surface area (Å²) in [5.41, 5.74) is 3.44. The van der Waals surface area contributed by atoms with Crippen LogP contribution in [0, 0.1) is 6.92 Å². The summed E-state index contributed by atoms with van der Waals surface area (Å²) in [6, 6.07) is 16.3. The quantitative estimate of drug-likeness (QED) is 0.744. The molecular weight excluding hydrogens is 392 g/mol. The second-order valence-electron chi connectivity index (χ2n) is 7.21. The fraction of sp³-hybridized carbons (Fsp3) is 0.381. The van der Waals surface area contributed by atoms with E-state index in [2.05, 4.69) is 36.1 Å². The van der Waals surface area contributed by atoms with Gasteiger partial charge in [0.2, 0.25) is 0 Å². The van der Waals surface area contributed by atoms with Gasteiger partial charge in [-0.2, -0.15) is 0 Å². The zero-order valence-corrected chi connectivity index (χ0v) is 17.7. The molecule has 0 aliphatic carbocycles. The minimum Gasteiger partial charge on any atom is -0.494 e. The van der Waals surface area contributed by atoms with Crippen LogP contribution in [0.5, 0.6) is 5.75 Å². The number of nitrogens with zero attached hydrogens (tertiary/aromatic N) is 2. The van der Waals surface area contributed by atoms with Crippen LogP contribution in [0.15, 0.2) is 53.5 Å². The molecule has 7 heteroatoms. The Balaban J connectivity index is 1.64. The SMILES string of the molecule is CCOc1ccc(N(Cc2cccc(C)c2)C2=N[C@@H]3CS(=O)(=O)C[C@H]3S2)cc1. The van der Waals surface area contributed by atoms with Gasteiger partial charge in [-0.1, -0.05) is 41.6 Å². The first-order valence-corrected chi connectivity index (χ1v) is 12.1. The van der Waals surface area contributed by atoms with Gasteiger partial charge >= 0.3 is 0 Å². The number of amidine groups is 1. The predicted molar refractivity (Wildman–Crippen MR) is 116 cm³/mol. The molecule has 2 heterocycles. The van der Waals surface area contributed by atoms with Crippen LogP contribution in [0.4, 0.5) is 5.69 Å². The van der Waals surface area contributed by atoms with E-state index in [9.17, 15) is 8.42 Å². The largest absolute Gasteiger partial charge is 0.494 e. The van der Waals surface area contributed by atoms with E-state index < -0.39 is 9.84 Å². The van der Waals surface area contributed by atoms with Gasteiger partial charge in [-0.3, -0.25) is 4.99 Å². The normalized spacial score (nSPS) is 22.6. The minimum atomic E-state index is -2.96. The number of benzene rings is 2. The Bertz CT molecular complexity index is 987. The van der Waals surface area contributed by atoms with Gasteiger partial charge in [-0.25, -0.2) is 8.42 Å². The molecule has 0 saturated carbocycles. The van der Waals surface area contributed by atoms with E-state index >= 15 is 0 Å². The maximum absolute atomic E-state index is 11.9. The fourth-order valence-electron chi connectivity index (χ4n) is 3.62. The number of anilines is 1. The van der Waals surface area contributed by atoms with Gasteiger partial charge in [0.15, 0.2) is 15.0 Å². The van der Waals surface area contributed by atoms with Crippen molar-refractivity contribution in [3.05, 3.63) is 59.7 Å². The molecule has 4 rings (SSSR count). The van der Waals surface area contributed by atoms with Gasteiger partial charge in [0.1, 0.15) is 5.75 Å². The van der Waals surface area contributed by atoms with Crippen LogP contribution in [-0.4, -0.2) is 43.0 Å². The molecule has 1 saturated heterocycles. The van der Waals surface area contributed by atoms with Crippen molar-refractivity contribution < 1.29 is 13.2 Å². The van der Waals surface area contributed by atoms with E-state index in [4.69, 9.17) is 9.73 Å². The molecule has 2 aliphatic rings. The van der Waals surface area contributed by atoms with E-state index in [0.29, 0.717) is 13.2 Å². The third-order valence-corrected chi connectivity index (χ3v) is 8.17. The molecule has 2 aromatic rings. The lowest BCUT2D eigenvalue weighted by atomic mass is 10.1. The third kappa shape index (κ3) is 4.20. The summed E-state index contributed by atoms with van der Waals surface area (Å²) in [7, 11) is -2.96. The summed E-state index contributed by atoms with van der Waals surface area (Å²) in [4.78, 5) is 6.98. The summed E-state index contributed by atoms with van der Waals surface area (Å²) < 4.78 is 29.4. The fourth-order valence-corrected chi connectivity index (χ4v) is 7.40. The van der Waals surface area contributed by atoms with E-state index in [1.807, 2.05) is 31.2 Å². The molecule has 0 aromatic heterocycles. The lowest BCUT2D eigenvalue weighted by molar-refractivity contribution is 0.340. The molecule has 0 spiro atoms. The molecule has 2 aliphatic heterocycles. The number of rotatable bonds is 5. The van der Waals surface area contributed by atoms with Crippen molar-refractivity contribution in [1.82, 2.24) is 0 Å². The second kappa shape index (κ2) is 7.79. The molecule has 0 amide bonds. The lowest BCUT2D eigenvalue weighted by Crippen LogP contribution is -2.28. The predicted octanol–water partition coefficient (Wildman–Crippen LogP) is 3.67. The number of ether oxygens (including phenoxy) is 1. The van der Waals surface area contributed by atoms with Gasteiger partial charge in [0, 0.05) is 10.9 Å². The highest BCUT2D eigenvalue weighted by molar-refractivity contribution is 8.15. The first kappa shape index (κ1) is 19.3. The van der Waals surface area contributed by atoms with Crippen LogP contribution in [0.25, 0.3) is 0 Å². The van der Waals surface area contributed by atoms with E-state index in [0.717, 1.165) is 16.6 Å². The molecule has 2 atom stereocenters. The zero-order valence-electron chi connectivity index (χ0n) is 16.0. The van der Waals surface area contributed by atoms with Crippen molar-refractivity contribution in [3.63, 3.8) is 0 Å². The molecule has 0 radical (unpaired) electrons. The van der Waals surface area contributed by atoms with Gasteiger partial charge < -0.3 is 9.64 Å². The lowest BCUT2D eigenvalue weighted by Gasteiger charge is -2.25. The Morgan fingerprint density at radius 1 is 1.18 bits per heavy atom. The van der Waals surface area contributed by atoms with Crippen molar-refractivity contribution in [1.29, 1.82) is 0 Å². The monoisotopic (exact) mass is 416 g/mol. The highest BCUT2D eigenvalue weighted by atomic mass is 32.2. The molecule has 0 unspecified atom stereocenters. The van der Waals surface area contributed by atoms with Crippen molar-refractivity contribution in [2.75, 3.05) is 23.0 Å². The van der Waals surface area contributed by atoms with Crippen LogP contribution in [0.1, 0.15) is 18.1 Å². The Morgan fingerprint density at radius 2 is 1.96 bits per heavy atom. The number of thioether (sulfide) groups is 1. The average molecular weight is 417 g/mol. The van der Waals surface area contributed by atoms with Crippen molar-refractivity contribution in [3.8, 4) is 5.75 Å². The van der Waals surface area contributed by atoms with Gasteiger partial charge in [0.25, 0.3) is 0 Å². The molecule has 28 heavy (non-hydrogen) atoms.